The molecule has 43 heavy (non-hydrogen) atoms. The van der Waals surface area contributed by atoms with E-state index < -0.39 is 35.2 Å². The smallest absolute Gasteiger partial charge is 0.310 e. The molecule has 2 aliphatic rings. The molecule has 0 bridgehead atoms. The number of aromatic nitrogens is 5. The Hall–Kier alpha value is -4.03. The Balaban J connectivity index is 1.41. The summed E-state index contributed by atoms with van der Waals surface area (Å²) in [6.45, 7) is 11.7. The molecule has 4 aromatic heterocycles. The van der Waals surface area contributed by atoms with Crippen molar-refractivity contribution in [3.63, 3.8) is 0 Å². The van der Waals surface area contributed by atoms with Crippen molar-refractivity contribution in [3.05, 3.63) is 81.7 Å². The molecule has 1 N–H and O–H groups in total. The lowest BCUT2D eigenvalue weighted by molar-refractivity contribution is -0.170. The van der Waals surface area contributed by atoms with Crippen LogP contribution in [0.25, 0.3) is 5.65 Å². The van der Waals surface area contributed by atoms with Crippen LogP contribution in [0, 0.1) is 26.2 Å². The number of hydrogen-bond donors (Lipinski definition) is 1. The van der Waals surface area contributed by atoms with Gasteiger partial charge >= 0.3 is 5.97 Å². The molecule has 6 rings (SSSR count). The number of halogens is 2. The first-order chi connectivity index (χ1) is 20.4. The van der Waals surface area contributed by atoms with E-state index in [1.165, 1.54) is 10.6 Å². The zero-order chi connectivity index (χ0) is 30.7. The Kier molecular flexibility index (Phi) is 7.16. The maximum absolute atomic E-state index is 13.5. The van der Waals surface area contributed by atoms with E-state index in [1.54, 1.807) is 33.0 Å². The molecule has 0 unspecified atom stereocenters. The Morgan fingerprint density at radius 1 is 1.16 bits per heavy atom. The highest BCUT2D eigenvalue weighted by molar-refractivity contribution is 5.76. The summed E-state index contributed by atoms with van der Waals surface area (Å²) in [7, 11) is 0. The molecular formula is C31H34F2N6O4. The number of alkyl halides is 2. The predicted octanol–water partition coefficient (Wildman–Crippen LogP) is 4.79. The first-order valence-electron chi connectivity index (χ1n) is 14.2. The Labute approximate surface area is 247 Å². The Morgan fingerprint density at radius 2 is 1.93 bits per heavy atom. The van der Waals surface area contributed by atoms with Gasteiger partial charge in [-0.15, -0.1) is 10.2 Å². The monoisotopic (exact) mass is 592 g/mol. The molecule has 0 aromatic carbocycles. The van der Waals surface area contributed by atoms with Crippen LogP contribution in [0.1, 0.15) is 71.2 Å². The highest BCUT2D eigenvalue weighted by Crippen LogP contribution is 2.43. The first-order valence-corrected chi connectivity index (χ1v) is 14.2. The van der Waals surface area contributed by atoms with Crippen LogP contribution in [-0.2, 0) is 22.6 Å². The maximum atomic E-state index is 13.5. The molecule has 0 saturated carbocycles. The van der Waals surface area contributed by atoms with Crippen LogP contribution in [-0.4, -0.2) is 65.9 Å². The maximum Gasteiger partial charge on any atom is 0.310 e. The average molecular weight is 593 g/mol. The molecule has 2 aliphatic heterocycles. The minimum Gasteiger partial charge on any atom is -0.481 e. The normalized spacial score (nSPS) is 17.4. The van der Waals surface area contributed by atoms with E-state index in [0.717, 1.165) is 22.4 Å². The van der Waals surface area contributed by atoms with E-state index in [9.17, 15) is 18.7 Å². The molecule has 4 aromatic rings. The van der Waals surface area contributed by atoms with Crippen LogP contribution in [0.3, 0.4) is 0 Å². The van der Waals surface area contributed by atoms with Crippen molar-refractivity contribution in [1.29, 1.82) is 0 Å². The Bertz CT molecular complexity index is 1720. The largest absolute Gasteiger partial charge is 0.481 e. The summed E-state index contributed by atoms with van der Waals surface area (Å²) in [6.07, 6.45) is 0.479. The van der Waals surface area contributed by atoms with Gasteiger partial charge in [-0.2, -0.15) is 0 Å². The van der Waals surface area contributed by atoms with Gasteiger partial charge in [0.15, 0.2) is 11.2 Å². The molecule has 1 spiro atoms. The number of aliphatic carboxylic acids is 1. The summed E-state index contributed by atoms with van der Waals surface area (Å²) in [6, 6.07) is 7.56. The van der Waals surface area contributed by atoms with Crippen LogP contribution in [0.4, 0.5) is 8.78 Å². The standard InChI is InChI=1S/C31H34F2N6O4/c1-17-10-20-12-38(14-31(15-42-16-31)43-28(20)34-11-17)13-23-18(2)6-7-22(35-23)24(30(4,5)29(40)41)21-8-9-39-26(19(21)3)36-37-27(39)25(32)33/h6-11,24-25H,12-16H2,1-5H3,(H,40,41)/t24-/m1/s1. The van der Waals surface area contributed by atoms with Crippen molar-refractivity contribution in [3.8, 4) is 5.88 Å². The number of nitrogens with zero attached hydrogens (tertiary/aromatic N) is 6. The number of aryl methyl sites for hydroxylation is 3. The highest BCUT2D eigenvalue weighted by Gasteiger charge is 2.46. The lowest BCUT2D eigenvalue weighted by atomic mass is 9.72. The van der Waals surface area contributed by atoms with E-state index in [2.05, 4.69) is 26.1 Å². The van der Waals surface area contributed by atoms with E-state index >= 15 is 0 Å². The second-order valence-electron chi connectivity index (χ2n) is 12.3. The molecule has 12 heteroatoms. The number of hydrogen-bond acceptors (Lipinski definition) is 8. The number of pyridine rings is 3. The van der Waals surface area contributed by atoms with Crippen LogP contribution in [0.15, 0.2) is 36.7 Å². The lowest BCUT2D eigenvalue weighted by Crippen LogP contribution is -2.60. The van der Waals surface area contributed by atoms with E-state index in [4.69, 9.17) is 14.5 Å². The second-order valence-corrected chi connectivity index (χ2v) is 12.3. The number of carboxylic acids is 1. The summed E-state index contributed by atoms with van der Waals surface area (Å²) >= 11 is 0. The zero-order valence-corrected chi connectivity index (χ0v) is 24.8. The Morgan fingerprint density at radius 3 is 2.60 bits per heavy atom. The van der Waals surface area contributed by atoms with E-state index in [-0.39, 0.29) is 5.65 Å². The molecule has 0 amide bonds. The topological polar surface area (TPSA) is 115 Å². The van der Waals surface area contributed by atoms with E-state index in [0.29, 0.717) is 55.5 Å². The second kappa shape index (κ2) is 10.6. The number of carbonyl (C=O) groups is 1. The van der Waals surface area contributed by atoms with Crippen molar-refractivity contribution in [1.82, 2.24) is 29.5 Å². The molecular weight excluding hydrogens is 558 g/mol. The molecule has 10 nitrogen and oxygen atoms in total. The summed E-state index contributed by atoms with van der Waals surface area (Å²) in [4.78, 5) is 24.5. The molecule has 0 aliphatic carbocycles. The number of rotatable bonds is 7. The van der Waals surface area contributed by atoms with Crippen LogP contribution in [0.2, 0.25) is 0 Å². The van der Waals surface area contributed by atoms with Crippen molar-refractivity contribution < 1.29 is 28.2 Å². The fourth-order valence-corrected chi connectivity index (χ4v) is 6.09. The van der Waals surface area contributed by atoms with Gasteiger partial charge in [-0.3, -0.25) is 19.1 Å². The fraction of sp³-hybridized carbons (Fsp3) is 0.452. The van der Waals surface area contributed by atoms with Gasteiger partial charge in [0.05, 0.1) is 24.3 Å². The van der Waals surface area contributed by atoms with Crippen molar-refractivity contribution >= 4 is 11.6 Å². The third-order valence-electron chi connectivity index (χ3n) is 8.58. The van der Waals surface area contributed by atoms with Crippen LogP contribution >= 0.6 is 0 Å². The summed E-state index contributed by atoms with van der Waals surface area (Å²) in [5, 5.41) is 18.0. The summed E-state index contributed by atoms with van der Waals surface area (Å²) in [5.41, 5.74) is 4.06. The van der Waals surface area contributed by atoms with E-state index in [1.807, 2.05) is 26.0 Å². The lowest BCUT2D eigenvalue weighted by Gasteiger charge is -2.42. The van der Waals surface area contributed by atoms with Gasteiger partial charge in [0.25, 0.3) is 6.43 Å². The van der Waals surface area contributed by atoms with Gasteiger partial charge in [-0.1, -0.05) is 6.07 Å². The van der Waals surface area contributed by atoms with Gasteiger partial charge in [0, 0.05) is 49.2 Å². The number of ether oxygens (including phenoxy) is 2. The SMILES string of the molecule is Cc1cnc2c(c1)CN(Cc1nc([C@@H](c3ccn4c(C(F)F)nnc4c3C)C(C)(C)C(=O)O)ccc1C)CC1(COC1)O2. The summed E-state index contributed by atoms with van der Waals surface area (Å²) in [5.74, 6) is -1.55. The van der Waals surface area contributed by atoms with Crippen LogP contribution in [0.5, 0.6) is 5.88 Å². The quantitative estimate of drug-likeness (QED) is 0.324. The van der Waals surface area contributed by atoms with Gasteiger partial charge in [-0.05, 0) is 75.1 Å². The first kappa shape index (κ1) is 29.1. The molecule has 226 valence electrons. The van der Waals surface area contributed by atoms with Crippen molar-refractivity contribution in [2.75, 3.05) is 19.8 Å². The zero-order valence-electron chi connectivity index (χ0n) is 24.8. The van der Waals surface area contributed by atoms with Crippen molar-refractivity contribution in [2.45, 2.75) is 65.7 Å². The predicted molar refractivity (Wildman–Crippen MR) is 152 cm³/mol. The summed E-state index contributed by atoms with van der Waals surface area (Å²) < 4.78 is 40.2. The van der Waals surface area contributed by atoms with Gasteiger partial charge in [-0.25, -0.2) is 13.8 Å². The number of carboxylic acid groups (broad SMARTS) is 1. The fourth-order valence-electron chi connectivity index (χ4n) is 6.09. The molecule has 1 fully saturated rings. The molecule has 6 heterocycles. The third-order valence-corrected chi connectivity index (χ3v) is 8.58. The van der Waals surface area contributed by atoms with Crippen molar-refractivity contribution in [2.24, 2.45) is 5.41 Å². The van der Waals surface area contributed by atoms with Crippen LogP contribution < -0.4 is 4.74 Å². The minimum absolute atomic E-state index is 0.256. The van der Waals surface area contributed by atoms with Gasteiger partial charge < -0.3 is 14.6 Å². The average Bonchev–Trinajstić information content (AvgIpc) is 3.29. The highest BCUT2D eigenvalue weighted by atomic mass is 19.3. The number of fused-ring (bicyclic) bond motifs is 2. The van der Waals surface area contributed by atoms with Gasteiger partial charge in [0.1, 0.15) is 0 Å². The molecule has 1 saturated heterocycles. The van der Waals surface area contributed by atoms with Gasteiger partial charge in [0.2, 0.25) is 11.7 Å². The minimum atomic E-state index is -2.80. The third kappa shape index (κ3) is 5.12. The molecule has 0 radical (unpaired) electrons. The molecule has 1 atom stereocenters.